The Balaban J connectivity index is 1.78. The number of fused-ring (bicyclic) bond motifs is 3. The van der Waals surface area contributed by atoms with Crippen LogP contribution in [-0.4, -0.2) is 4.57 Å². The van der Waals surface area contributed by atoms with Crippen molar-refractivity contribution in [3.05, 3.63) is 140 Å². The van der Waals surface area contributed by atoms with E-state index in [-0.39, 0.29) is 0 Å². The first-order valence-corrected chi connectivity index (χ1v) is 12.4. The zero-order valence-corrected chi connectivity index (χ0v) is 20.4. The van der Waals surface area contributed by atoms with Gasteiger partial charge in [-0.15, -0.1) is 0 Å². The van der Waals surface area contributed by atoms with Gasteiger partial charge in [0, 0.05) is 22.0 Å². The summed E-state index contributed by atoms with van der Waals surface area (Å²) < 4.78 is 2.38. The number of hydrogen-bond acceptors (Lipinski definition) is 0. The monoisotopic (exact) mass is 461 g/mol. The van der Waals surface area contributed by atoms with Crippen LogP contribution < -0.4 is 0 Å². The third kappa shape index (κ3) is 3.66. The molecule has 0 bridgehead atoms. The maximum atomic E-state index is 4.16. The van der Waals surface area contributed by atoms with Crippen molar-refractivity contribution < 1.29 is 0 Å². The average Bonchev–Trinajstić information content (AvgIpc) is 3.28. The van der Waals surface area contributed by atoms with Crippen molar-refractivity contribution in [3.8, 4) is 33.4 Å². The molecule has 0 atom stereocenters. The Hall–Kier alpha value is -4.62. The topological polar surface area (TPSA) is 4.93 Å². The summed E-state index contributed by atoms with van der Waals surface area (Å²) in [5.41, 5.74) is 10.7. The lowest BCUT2D eigenvalue weighted by molar-refractivity contribution is 1.23. The molecule has 0 saturated heterocycles. The quantitative estimate of drug-likeness (QED) is 0.225. The van der Waals surface area contributed by atoms with E-state index in [1.54, 1.807) is 0 Å². The predicted molar refractivity (Wildman–Crippen MR) is 156 cm³/mol. The minimum atomic E-state index is 1.07. The zero-order chi connectivity index (χ0) is 24.5. The molecule has 0 radical (unpaired) electrons. The third-order valence-electron chi connectivity index (χ3n) is 6.92. The standard InChI is InChI=1S/C35H27N/c1-3-30(4-2)36-34-24-28(25-14-8-5-9-15-25)20-21-31(34)33-23-29(26-16-10-6-11-17-26)22-32(35(33)36)27-18-12-7-13-19-27/h3-24H,1H2,2H3/b30-4+. The molecule has 0 aliphatic heterocycles. The maximum absolute atomic E-state index is 4.16. The summed E-state index contributed by atoms with van der Waals surface area (Å²) in [7, 11) is 0. The number of allylic oxidation sites excluding steroid dienone is 3. The van der Waals surface area contributed by atoms with Crippen LogP contribution in [-0.2, 0) is 0 Å². The smallest absolute Gasteiger partial charge is 0.0619 e. The van der Waals surface area contributed by atoms with E-state index in [0.29, 0.717) is 0 Å². The van der Waals surface area contributed by atoms with E-state index in [1.807, 2.05) is 6.08 Å². The molecule has 1 heterocycles. The van der Waals surface area contributed by atoms with E-state index in [4.69, 9.17) is 0 Å². The molecule has 0 unspecified atom stereocenters. The molecule has 1 heteroatoms. The van der Waals surface area contributed by atoms with E-state index in [1.165, 1.54) is 55.2 Å². The van der Waals surface area contributed by atoms with Crippen LogP contribution in [0.4, 0.5) is 0 Å². The van der Waals surface area contributed by atoms with Gasteiger partial charge in [-0.25, -0.2) is 0 Å². The molecular weight excluding hydrogens is 434 g/mol. The van der Waals surface area contributed by atoms with Crippen molar-refractivity contribution >= 4 is 27.5 Å². The Morgan fingerprint density at radius 3 is 1.75 bits per heavy atom. The molecule has 0 aliphatic carbocycles. The van der Waals surface area contributed by atoms with Gasteiger partial charge < -0.3 is 4.57 Å². The zero-order valence-electron chi connectivity index (χ0n) is 20.4. The summed E-state index contributed by atoms with van der Waals surface area (Å²) in [6.45, 7) is 6.24. The minimum Gasteiger partial charge on any atom is -0.309 e. The molecule has 172 valence electrons. The second-order valence-electron chi connectivity index (χ2n) is 9.00. The van der Waals surface area contributed by atoms with Gasteiger partial charge >= 0.3 is 0 Å². The normalized spacial score (nSPS) is 11.8. The van der Waals surface area contributed by atoms with Gasteiger partial charge in [0.2, 0.25) is 0 Å². The minimum absolute atomic E-state index is 1.07. The second kappa shape index (κ2) is 9.20. The molecular formula is C35H27N. The molecule has 36 heavy (non-hydrogen) atoms. The SMILES string of the molecule is C=C/C(=C\C)n1c2cc(-c3ccccc3)ccc2c2cc(-c3ccccc3)cc(-c3ccccc3)c21. The average molecular weight is 462 g/mol. The maximum Gasteiger partial charge on any atom is 0.0619 e. The molecule has 0 N–H and O–H groups in total. The van der Waals surface area contributed by atoms with E-state index >= 15 is 0 Å². The van der Waals surface area contributed by atoms with E-state index in [0.717, 1.165) is 5.70 Å². The first-order chi connectivity index (χ1) is 17.8. The van der Waals surface area contributed by atoms with Gasteiger partial charge in [0.05, 0.1) is 11.0 Å². The Morgan fingerprint density at radius 1 is 0.583 bits per heavy atom. The molecule has 5 aromatic carbocycles. The highest BCUT2D eigenvalue weighted by Crippen LogP contribution is 2.42. The highest BCUT2D eigenvalue weighted by atomic mass is 15.0. The van der Waals surface area contributed by atoms with Gasteiger partial charge in [-0.3, -0.25) is 0 Å². The molecule has 0 fully saturated rings. The molecule has 0 spiro atoms. The van der Waals surface area contributed by atoms with Crippen LogP contribution in [0.5, 0.6) is 0 Å². The largest absolute Gasteiger partial charge is 0.309 e. The van der Waals surface area contributed by atoms with Gasteiger partial charge in [-0.05, 0) is 59.0 Å². The van der Waals surface area contributed by atoms with Crippen molar-refractivity contribution in [3.63, 3.8) is 0 Å². The Labute approximate surface area is 212 Å². The van der Waals surface area contributed by atoms with Crippen LogP contribution in [0.3, 0.4) is 0 Å². The summed E-state index contributed by atoms with van der Waals surface area (Å²) in [4.78, 5) is 0. The number of nitrogens with zero attached hydrogens (tertiary/aromatic N) is 1. The lowest BCUT2D eigenvalue weighted by Gasteiger charge is -2.14. The van der Waals surface area contributed by atoms with Crippen molar-refractivity contribution in [2.24, 2.45) is 0 Å². The molecule has 0 saturated carbocycles. The fraction of sp³-hybridized carbons (Fsp3) is 0.0286. The van der Waals surface area contributed by atoms with E-state index < -0.39 is 0 Å². The molecule has 0 amide bonds. The summed E-state index contributed by atoms with van der Waals surface area (Å²) in [5, 5.41) is 2.48. The molecule has 1 aromatic heterocycles. The number of benzene rings is 5. The first kappa shape index (κ1) is 21.9. The highest BCUT2D eigenvalue weighted by Gasteiger charge is 2.19. The molecule has 1 nitrogen and oxygen atoms in total. The van der Waals surface area contributed by atoms with Gasteiger partial charge in [0.15, 0.2) is 0 Å². The Kier molecular flexibility index (Phi) is 5.59. The third-order valence-corrected chi connectivity index (χ3v) is 6.92. The van der Waals surface area contributed by atoms with Crippen LogP contribution in [0.25, 0.3) is 60.9 Å². The molecule has 6 rings (SSSR count). The predicted octanol–water partition coefficient (Wildman–Crippen LogP) is 9.84. The Morgan fingerprint density at radius 2 is 1.17 bits per heavy atom. The number of aromatic nitrogens is 1. The summed E-state index contributed by atoms with van der Waals surface area (Å²) in [6, 6.07) is 43.4. The Bertz CT molecular complexity index is 1720. The van der Waals surface area contributed by atoms with Crippen molar-refractivity contribution in [2.45, 2.75) is 6.92 Å². The number of hydrogen-bond donors (Lipinski definition) is 0. The van der Waals surface area contributed by atoms with Crippen molar-refractivity contribution in [1.29, 1.82) is 0 Å². The van der Waals surface area contributed by atoms with Crippen LogP contribution in [0, 0.1) is 0 Å². The number of rotatable bonds is 5. The van der Waals surface area contributed by atoms with Crippen LogP contribution in [0.2, 0.25) is 0 Å². The van der Waals surface area contributed by atoms with Gasteiger partial charge in [0.25, 0.3) is 0 Å². The van der Waals surface area contributed by atoms with E-state index in [2.05, 4.69) is 145 Å². The van der Waals surface area contributed by atoms with Gasteiger partial charge in [-0.1, -0.05) is 116 Å². The lowest BCUT2D eigenvalue weighted by Crippen LogP contribution is -1.96. The first-order valence-electron chi connectivity index (χ1n) is 12.4. The summed E-state index contributed by atoms with van der Waals surface area (Å²) in [5.74, 6) is 0. The van der Waals surface area contributed by atoms with Crippen molar-refractivity contribution in [1.82, 2.24) is 4.57 Å². The fourth-order valence-corrected chi connectivity index (χ4v) is 5.20. The van der Waals surface area contributed by atoms with Gasteiger partial charge in [-0.2, -0.15) is 0 Å². The van der Waals surface area contributed by atoms with E-state index in [9.17, 15) is 0 Å². The van der Waals surface area contributed by atoms with Crippen LogP contribution in [0.1, 0.15) is 6.92 Å². The molecule has 0 aliphatic rings. The highest BCUT2D eigenvalue weighted by molar-refractivity contribution is 6.16. The molecule has 6 aromatic rings. The van der Waals surface area contributed by atoms with Crippen LogP contribution in [0.15, 0.2) is 140 Å². The second-order valence-corrected chi connectivity index (χ2v) is 9.00. The van der Waals surface area contributed by atoms with Gasteiger partial charge in [0.1, 0.15) is 0 Å². The van der Waals surface area contributed by atoms with Crippen molar-refractivity contribution in [2.75, 3.05) is 0 Å². The van der Waals surface area contributed by atoms with Crippen LogP contribution >= 0.6 is 0 Å². The summed E-state index contributed by atoms with van der Waals surface area (Å²) in [6.07, 6.45) is 4.09. The fourth-order valence-electron chi connectivity index (χ4n) is 5.20. The lowest BCUT2D eigenvalue weighted by atomic mass is 9.95. The summed E-state index contributed by atoms with van der Waals surface area (Å²) >= 11 is 0.